The van der Waals surface area contributed by atoms with Crippen molar-refractivity contribution in [3.8, 4) is 0 Å². The summed E-state index contributed by atoms with van der Waals surface area (Å²) in [6, 6.07) is 11.1. The van der Waals surface area contributed by atoms with Crippen molar-refractivity contribution in [1.82, 2.24) is 5.32 Å². The monoisotopic (exact) mass is 207 g/mol. The normalized spacial score (nSPS) is 12.7. The van der Waals surface area contributed by atoms with Gasteiger partial charge < -0.3 is 10.1 Å². The first-order valence-electron chi connectivity index (χ1n) is 5.63. The molecule has 1 N–H and O–H groups in total. The van der Waals surface area contributed by atoms with Crippen LogP contribution in [0, 0.1) is 0 Å². The van der Waals surface area contributed by atoms with Crippen molar-refractivity contribution in [2.24, 2.45) is 0 Å². The fourth-order valence-corrected chi connectivity index (χ4v) is 1.72. The maximum absolute atomic E-state index is 5.18. The van der Waals surface area contributed by atoms with E-state index in [1.807, 2.05) is 0 Å². The first kappa shape index (κ1) is 12.2. The third-order valence-electron chi connectivity index (χ3n) is 2.48. The smallest absolute Gasteiger partial charge is 0.0615 e. The topological polar surface area (TPSA) is 21.3 Å². The Bertz CT molecular complexity index is 242. The Balaban J connectivity index is 2.33. The van der Waals surface area contributed by atoms with Gasteiger partial charge in [-0.1, -0.05) is 37.3 Å². The van der Waals surface area contributed by atoms with Crippen molar-refractivity contribution in [3.63, 3.8) is 0 Å². The summed E-state index contributed by atoms with van der Waals surface area (Å²) in [4.78, 5) is 0. The number of hydrogen-bond donors (Lipinski definition) is 1. The average Bonchev–Trinajstić information content (AvgIpc) is 2.28. The van der Waals surface area contributed by atoms with Gasteiger partial charge in [-0.05, 0) is 24.9 Å². The van der Waals surface area contributed by atoms with Crippen LogP contribution in [0.15, 0.2) is 30.3 Å². The van der Waals surface area contributed by atoms with E-state index in [2.05, 4.69) is 42.6 Å². The summed E-state index contributed by atoms with van der Waals surface area (Å²) in [6.07, 6.45) is 2.24. The lowest BCUT2D eigenvalue weighted by molar-refractivity contribution is 0.163. The molecule has 0 bridgehead atoms. The van der Waals surface area contributed by atoms with Crippen LogP contribution in [-0.2, 0) is 11.2 Å². The molecule has 1 aromatic rings. The molecule has 0 spiro atoms. The van der Waals surface area contributed by atoms with Gasteiger partial charge in [0.25, 0.3) is 0 Å². The van der Waals surface area contributed by atoms with Gasteiger partial charge in [0, 0.05) is 13.2 Å². The summed E-state index contributed by atoms with van der Waals surface area (Å²) in [6.45, 7) is 3.93. The Labute approximate surface area is 92.6 Å². The van der Waals surface area contributed by atoms with Crippen molar-refractivity contribution >= 4 is 0 Å². The van der Waals surface area contributed by atoms with Crippen LogP contribution in [0.2, 0.25) is 0 Å². The quantitative estimate of drug-likeness (QED) is 0.740. The predicted molar refractivity (Wildman–Crippen MR) is 64.1 cm³/mol. The molecule has 0 fully saturated rings. The van der Waals surface area contributed by atoms with Crippen molar-refractivity contribution in [3.05, 3.63) is 35.9 Å². The van der Waals surface area contributed by atoms with Crippen molar-refractivity contribution in [1.29, 1.82) is 0 Å². The van der Waals surface area contributed by atoms with Crippen LogP contribution in [0.3, 0.4) is 0 Å². The van der Waals surface area contributed by atoms with E-state index in [4.69, 9.17) is 4.74 Å². The van der Waals surface area contributed by atoms with Crippen LogP contribution in [0.4, 0.5) is 0 Å². The number of ether oxygens (including phenoxy) is 1. The molecule has 1 aromatic carbocycles. The highest BCUT2D eigenvalue weighted by Gasteiger charge is 2.06. The van der Waals surface area contributed by atoms with E-state index in [0.717, 1.165) is 26.0 Å². The Hall–Kier alpha value is -0.860. The average molecular weight is 207 g/mol. The number of aryl methyl sites for hydroxylation is 1. The summed E-state index contributed by atoms with van der Waals surface area (Å²) in [5.74, 6) is 0. The number of benzene rings is 1. The molecule has 1 unspecified atom stereocenters. The summed E-state index contributed by atoms with van der Waals surface area (Å²) >= 11 is 0. The molecule has 0 aliphatic rings. The summed E-state index contributed by atoms with van der Waals surface area (Å²) in [5.41, 5.74) is 1.40. The minimum atomic E-state index is 0.472. The number of hydrogen-bond acceptors (Lipinski definition) is 2. The maximum Gasteiger partial charge on any atom is 0.0615 e. The number of methoxy groups -OCH3 is 1. The Kier molecular flexibility index (Phi) is 6.05. The lowest BCUT2D eigenvalue weighted by atomic mass is 10.1. The largest absolute Gasteiger partial charge is 0.383 e. The number of rotatable bonds is 7. The van der Waals surface area contributed by atoms with Gasteiger partial charge in [-0.2, -0.15) is 0 Å². The summed E-state index contributed by atoms with van der Waals surface area (Å²) < 4.78 is 5.18. The van der Waals surface area contributed by atoms with Gasteiger partial charge in [0.05, 0.1) is 6.61 Å². The highest BCUT2D eigenvalue weighted by atomic mass is 16.5. The maximum atomic E-state index is 5.18. The minimum absolute atomic E-state index is 0.472. The third kappa shape index (κ3) is 4.96. The van der Waals surface area contributed by atoms with E-state index in [-0.39, 0.29) is 0 Å². The molecule has 1 rings (SSSR count). The van der Waals surface area contributed by atoms with Crippen LogP contribution in [0.1, 0.15) is 18.9 Å². The Morgan fingerprint density at radius 2 is 2.00 bits per heavy atom. The lowest BCUT2D eigenvalue weighted by Crippen LogP contribution is -2.33. The fraction of sp³-hybridized carbons (Fsp3) is 0.538. The van der Waals surface area contributed by atoms with Gasteiger partial charge in [-0.25, -0.2) is 0 Å². The van der Waals surface area contributed by atoms with Gasteiger partial charge in [0.1, 0.15) is 0 Å². The SMILES string of the molecule is CCNC(CCc1ccccc1)COC. The first-order chi connectivity index (χ1) is 7.36. The minimum Gasteiger partial charge on any atom is -0.383 e. The fourth-order valence-electron chi connectivity index (χ4n) is 1.72. The lowest BCUT2D eigenvalue weighted by Gasteiger charge is -2.16. The molecular formula is C13H21NO. The van der Waals surface area contributed by atoms with Gasteiger partial charge in [-0.3, -0.25) is 0 Å². The highest BCUT2D eigenvalue weighted by molar-refractivity contribution is 5.14. The molecule has 84 valence electrons. The molecule has 0 amide bonds. The molecule has 1 atom stereocenters. The Morgan fingerprint density at radius 1 is 1.27 bits per heavy atom. The van der Waals surface area contributed by atoms with Crippen LogP contribution in [0.25, 0.3) is 0 Å². The molecular weight excluding hydrogens is 186 g/mol. The molecule has 0 radical (unpaired) electrons. The predicted octanol–water partition coefficient (Wildman–Crippen LogP) is 2.24. The van der Waals surface area contributed by atoms with E-state index in [0.29, 0.717) is 6.04 Å². The zero-order valence-corrected chi connectivity index (χ0v) is 9.70. The molecule has 0 aliphatic carbocycles. The highest BCUT2D eigenvalue weighted by Crippen LogP contribution is 2.05. The molecule has 15 heavy (non-hydrogen) atoms. The number of nitrogens with one attached hydrogen (secondary N) is 1. The molecule has 0 saturated carbocycles. The molecule has 0 aliphatic heterocycles. The van der Waals surface area contributed by atoms with Crippen LogP contribution >= 0.6 is 0 Å². The van der Waals surface area contributed by atoms with Gasteiger partial charge in [0.2, 0.25) is 0 Å². The zero-order valence-electron chi connectivity index (χ0n) is 9.70. The van der Waals surface area contributed by atoms with Crippen molar-refractivity contribution in [2.75, 3.05) is 20.3 Å². The van der Waals surface area contributed by atoms with Crippen LogP contribution in [-0.4, -0.2) is 26.3 Å². The van der Waals surface area contributed by atoms with E-state index < -0.39 is 0 Å². The molecule has 0 aromatic heterocycles. The van der Waals surface area contributed by atoms with E-state index in [9.17, 15) is 0 Å². The van der Waals surface area contributed by atoms with Crippen LogP contribution in [0.5, 0.6) is 0 Å². The number of likely N-dealkylation sites (N-methyl/N-ethyl adjacent to an activating group) is 1. The summed E-state index contributed by atoms with van der Waals surface area (Å²) in [5, 5.41) is 3.43. The second-order valence-electron chi connectivity index (χ2n) is 3.73. The van der Waals surface area contributed by atoms with Gasteiger partial charge in [0.15, 0.2) is 0 Å². The molecule has 2 heteroatoms. The Morgan fingerprint density at radius 3 is 2.60 bits per heavy atom. The van der Waals surface area contributed by atoms with Gasteiger partial charge in [-0.15, -0.1) is 0 Å². The molecule has 0 heterocycles. The van der Waals surface area contributed by atoms with E-state index >= 15 is 0 Å². The zero-order chi connectivity index (χ0) is 10.9. The van der Waals surface area contributed by atoms with Gasteiger partial charge >= 0.3 is 0 Å². The second-order valence-corrected chi connectivity index (χ2v) is 3.73. The second kappa shape index (κ2) is 7.43. The van der Waals surface area contributed by atoms with E-state index in [1.54, 1.807) is 7.11 Å². The van der Waals surface area contributed by atoms with E-state index in [1.165, 1.54) is 5.56 Å². The first-order valence-corrected chi connectivity index (χ1v) is 5.63. The van der Waals surface area contributed by atoms with Crippen molar-refractivity contribution in [2.45, 2.75) is 25.8 Å². The van der Waals surface area contributed by atoms with Crippen LogP contribution < -0.4 is 5.32 Å². The summed E-state index contributed by atoms with van der Waals surface area (Å²) in [7, 11) is 1.76. The molecule has 0 saturated heterocycles. The standard InChI is InChI=1S/C13H21NO/c1-3-14-13(11-15-2)10-9-12-7-5-4-6-8-12/h4-8,13-14H,3,9-11H2,1-2H3. The third-order valence-corrected chi connectivity index (χ3v) is 2.48. The molecule has 2 nitrogen and oxygen atoms in total. The van der Waals surface area contributed by atoms with Crippen molar-refractivity contribution < 1.29 is 4.74 Å².